The third kappa shape index (κ3) is 4.21. The summed E-state index contributed by atoms with van der Waals surface area (Å²) in [5, 5.41) is 10.5. The molecular formula is C19H25FN4O3. The number of benzene rings is 1. The van der Waals surface area contributed by atoms with Gasteiger partial charge in [0, 0.05) is 24.4 Å². The van der Waals surface area contributed by atoms with Gasteiger partial charge >= 0.3 is 0 Å². The van der Waals surface area contributed by atoms with Crippen LogP contribution in [0.25, 0.3) is 0 Å². The fourth-order valence-electron chi connectivity index (χ4n) is 3.27. The lowest BCUT2D eigenvalue weighted by molar-refractivity contribution is 0.0933. The molecule has 1 aromatic carbocycles. The second kappa shape index (κ2) is 8.39. The van der Waals surface area contributed by atoms with Crippen molar-refractivity contribution in [2.45, 2.75) is 31.8 Å². The zero-order valence-electron chi connectivity index (χ0n) is 15.8. The molecule has 0 aliphatic carbocycles. The van der Waals surface area contributed by atoms with Gasteiger partial charge in [-0.25, -0.2) is 4.39 Å². The van der Waals surface area contributed by atoms with Crippen LogP contribution in [-0.4, -0.2) is 43.0 Å². The van der Waals surface area contributed by atoms with E-state index in [1.165, 1.54) is 26.4 Å². The number of carbonyl (C=O) groups is 1. The minimum absolute atomic E-state index is 0.251. The molecular weight excluding hydrogens is 351 g/mol. The van der Waals surface area contributed by atoms with Gasteiger partial charge in [-0.05, 0) is 38.4 Å². The lowest BCUT2D eigenvalue weighted by atomic mass is 10.1. The molecule has 1 aliphatic rings. The van der Waals surface area contributed by atoms with Crippen LogP contribution in [0.3, 0.4) is 0 Å². The standard InChI is InChI=1S/C19H25FN4O3/c1-12(14-9-17(26-2)18(27-3)10-15(14)20)22-19(25)16-6-8-24(23-16)13-5-4-7-21-11-13/h6,8-10,12-13,21H,4-5,7,11H2,1-3H3,(H,22,25). The molecule has 2 atom stereocenters. The van der Waals surface area contributed by atoms with Crippen LogP contribution in [0.5, 0.6) is 11.5 Å². The van der Waals surface area contributed by atoms with Crippen molar-refractivity contribution in [2.24, 2.45) is 0 Å². The van der Waals surface area contributed by atoms with Crippen molar-refractivity contribution in [3.05, 3.63) is 41.5 Å². The second-order valence-electron chi connectivity index (χ2n) is 6.61. The van der Waals surface area contributed by atoms with E-state index in [9.17, 15) is 9.18 Å². The van der Waals surface area contributed by atoms with Crippen molar-refractivity contribution >= 4 is 5.91 Å². The van der Waals surface area contributed by atoms with E-state index in [1.54, 1.807) is 13.0 Å². The van der Waals surface area contributed by atoms with Crippen LogP contribution in [0, 0.1) is 5.82 Å². The highest BCUT2D eigenvalue weighted by molar-refractivity contribution is 5.92. The van der Waals surface area contributed by atoms with Gasteiger partial charge < -0.3 is 20.1 Å². The highest BCUT2D eigenvalue weighted by Crippen LogP contribution is 2.32. The Bertz CT molecular complexity index is 802. The molecule has 0 radical (unpaired) electrons. The van der Waals surface area contributed by atoms with E-state index < -0.39 is 11.9 Å². The van der Waals surface area contributed by atoms with E-state index in [4.69, 9.17) is 9.47 Å². The maximum Gasteiger partial charge on any atom is 0.272 e. The molecule has 146 valence electrons. The second-order valence-corrected chi connectivity index (χ2v) is 6.61. The van der Waals surface area contributed by atoms with E-state index in [1.807, 2.05) is 10.9 Å². The molecule has 3 rings (SSSR count). The summed E-state index contributed by atoms with van der Waals surface area (Å²) in [7, 11) is 2.93. The summed E-state index contributed by atoms with van der Waals surface area (Å²) >= 11 is 0. The normalized spacial score (nSPS) is 18.0. The van der Waals surface area contributed by atoms with Gasteiger partial charge in [0.1, 0.15) is 11.5 Å². The van der Waals surface area contributed by atoms with Crippen molar-refractivity contribution < 1.29 is 18.7 Å². The molecule has 0 bridgehead atoms. The zero-order chi connectivity index (χ0) is 19.4. The number of nitrogens with one attached hydrogen (secondary N) is 2. The first-order valence-electron chi connectivity index (χ1n) is 9.01. The van der Waals surface area contributed by atoms with E-state index >= 15 is 0 Å². The maximum atomic E-state index is 14.4. The summed E-state index contributed by atoms with van der Waals surface area (Å²) in [5.41, 5.74) is 0.630. The van der Waals surface area contributed by atoms with Crippen LogP contribution in [0.15, 0.2) is 24.4 Å². The molecule has 1 aliphatic heterocycles. The van der Waals surface area contributed by atoms with E-state index in [0.717, 1.165) is 25.9 Å². The van der Waals surface area contributed by atoms with Gasteiger partial charge in [-0.2, -0.15) is 5.10 Å². The smallest absolute Gasteiger partial charge is 0.272 e. The molecule has 7 nitrogen and oxygen atoms in total. The quantitative estimate of drug-likeness (QED) is 0.810. The molecule has 27 heavy (non-hydrogen) atoms. The molecule has 1 amide bonds. The Balaban J connectivity index is 1.71. The fourth-order valence-corrected chi connectivity index (χ4v) is 3.27. The summed E-state index contributed by atoms with van der Waals surface area (Å²) < 4.78 is 26.5. The Morgan fingerprint density at radius 3 is 2.78 bits per heavy atom. The van der Waals surface area contributed by atoms with Crippen molar-refractivity contribution in [1.29, 1.82) is 0 Å². The first-order valence-corrected chi connectivity index (χ1v) is 9.01. The maximum absolute atomic E-state index is 14.4. The molecule has 1 fully saturated rings. The number of carbonyl (C=O) groups excluding carboxylic acids is 1. The Labute approximate surface area is 157 Å². The molecule has 2 heterocycles. The van der Waals surface area contributed by atoms with Gasteiger partial charge in [-0.1, -0.05) is 0 Å². The lowest BCUT2D eigenvalue weighted by Crippen LogP contribution is -2.32. The fraction of sp³-hybridized carbons (Fsp3) is 0.474. The van der Waals surface area contributed by atoms with E-state index in [2.05, 4.69) is 15.7 Å². The van der Waals surface area contributed by atoms with Crippen molar-refractivity contribution in [3.8, 4) is 11.5 Å². The Hall–Kier alpha value is -2.61. The molecule has 8 heteroatoms. The van der Waals surface area contributed by atoms with Crippen molar-refractivity contribution in [3.63, 3.8) is 0 Å². The Morgan fingerprint density at radius 2 is 2.11 bits per heavy atom. The number of hydrogen-bond acceptors (Lipinski definition) is 5. The average molecular weight is 376 g/mol. The van der Waals surface area contributed by atoms with Crippen molar-refractivity contribution in [1.82, 2.24) is 20.4 Å². The van der Waals surface area contributed by atoms with Crippen LogP contribution in [0.2, 0.25) is 0 Å². The predicted molar refractivity (Wildman–Crippen MR) is 98.8 cm³/mol. The molecule has 2 N–H and O–H groups in total. The highest BCUT2D eigenvalue weighted by atomic mass is 19.1. The minimum Gasteiger partial charge on any atom is -0.493 e. The molecule has 0 saturated carbocycles. The van der Waals surface area contributed by atoms with Gasteiger partial charge in [0.15, 0.2) is 11.5 Å². The van der Waals surface area contributed by atoms with Gasteiger partial charge in [0.25, 0.3) is 5.91 Å². The molecule has 1 aromatic heterocycles. The minimum atomic E-state index is -0.557. The third-order valence-corrected chi connectivity index (χ3v) is 4.80. The molecule has 2 aromatic rings. The lowest BCUT2D eigenvalue weighted by Gasteiger charge is -2.23. The first-order chi connectivity index (χ1) is 13.0. The first kappa shape index (κ1) is 19.2. The SMILES string of the molecule is COc1cc(F)c(C(C)NC(=O)c2ccn(C3CCCNC3)n2)cc1OC. The number of hydrogen-bond donors (Lipinski definition) is 2. The van der Waals surface area contributed by atoms with Gasteiger partial charge in [0.05, 0.1) is 26.3 Å². The largest absolute Gasteiger partial charge is 0.493 e. The Kier molecular flexibility index (Phi) is 5.95. The van der Waals surface area contributed by atoms with E-state index in [-0.39, 0.29) is 11.9 Å². The highest BCUT2D eigenvalue weighted by Gasteiger charge is 2.21. The zero-order valence-corrected chi connectivity index (χ0v) is 15.8. The van der Waals surface area contributed by atoms with Crippen LogP contribution < -0.4 is 20.1 Å². The number of nitrogens with zero attached hydrogens (tertiary/aromatic N) is 2. The van der Waals surface area contributed by atoms with E-state index in [0.29, 0.717) is 22.8 Å². The average Bonchev–Trinajstić information content (AvgIpc) is 3.18. The van der Waals surface area contributed by atoms with Crippen molar-refractivity contribution in [2.75, 3.05) is 27.3 Å². The van der Waals surface area contributed by atoms with Crippen LogP contribution in [0.4, 0.5) is 4.39 Å². The van der Waals surface area contributed by atoms with Crippen LogP contribution in [0.1, 0.15) is 47.9 Å². The summed E-state index contributed by atoms with van der Waals surface area (Å²) in [4.78, 5) is 12.5. The molecule has 2 unspecified atom stereocenters. The van der Waals surface area contributed by atoms with Crippen LogP contribution in [-0.2, 0) is 0 Å². The summed E-state index contributed by atoms with van der Waals surface area (Å²) in [5.74, 6) is -0.111. The summed E-state index contributed by atoms with van der Waals surface area (Å²) in [6.07, 6.45) is 3.93. The molecule has 1 saturated heterocycles. The van der Waals surface area contributed by atoms with Gasteiger partial charge in [-0.3, -0.25) is 9.48 Å². The Morgan fingerprint density at radius 1 is 1.37 bits per heavy atom. The number of aromatic nitrogens is 2. The predicted octanol–water partition coefficient (Wildman–Crippen LogP) is 2.45. The number of halogens is 1. The third-order valence-electron chi connectivity index (χ3n) is 4.80. The van der Waals surface area contributed by atoms with Gasteiger partial charge in [-0.15, -0.1) is 0 Å². The number of ether oxygens (including phenoxy) is 2. The summed E-state index contributed by atoms with van der Waals surface area (Å²) in [6, 6.07) is 4.16. The van der Waals surface area contributed by atoms with Crippen LogP contribution >= 0.6 is 0 Å². The summed E-state index contributed by atoms with van der Waals surface area (Å²) in [6.45, 7) is 3.57. The monoisotopic (exact) mass is 376 g/mol. The van der Waals surface area contributed by atoms with Gasteiger partial charge in [0.2, 0.25) is 0 Å². The number of methoxy groups -OCH3 is 2. The molecule has 0 spiro atoms. The topological polar surface area (TPSA) is 77.4 Å². The number of piperidine rings is 1. The number of amides is 1. The number of rotatable bonds is 6.